The molecule has 0 N–H and O–H groups in total. The first kappa shape index (κ1) is 9.92. The van der Waals surface area contributed by atoms with E-state index in [-0.39, 0.29) is 5.91 Å². The van der Waals surface area contributed by atoms with Gasteiger partial charge in [-0.25, -0.2) is 0 Å². The molecule has 0 unspecified atom stereocenters. The smallest absolute Gasteiger partial charge is 0.244 e. The number of hydrogen-bond acceptors (Lipinski definition) is 2. The Hall–Kier alpha value is -0.620. The molecule has 14 heavy (non-hydrogen) atoms. The van der Waals surface area contributed by atoms with Crippen LogP contribution in [0.4, 0.5) is 0 Å². The van der Waals surface area contributed by atoms with E-state index in [0.29, 0.717) is 5.02 Å². The lowest BCUT2D eigenvalue weighted by molar-refractivity contribution is 0.0926. The molecular weight excluding hydrogens is 314 g/mol. The zero-order valence-electron chi connectivity index (χ0n) is 7.29. The Balaban J connectivity index is 2.91. The van der Waals surface area contributed by atoms with Crippen LogP contribution in [0.3, 0.4) is 0 Å². The predicted octanol–water partition coefficient (Wildman–Crippen LogP) is 2.95. The maximum atomic E-state index is 11.2. The summed E-state index contributed by atoms with van der Waals surface area (Å²) in [7, 11) is 0. The molecule has 0 amide bonds. The molecule has 1 heterocycles. The first-order valence-corrected chi connectivity index (χ1v) is 5.40. The van der Waals surface area contributed by atoms with Gasteiger partial charge in [0.25, 0.3) is 0 Å². The van der Waals surface area contributed by atoms with E-state index in [4.69, 9.17) is 11.6 Å². The van der Waals surface area contributed by atoms with Gasteiger partial charge in [-0.1, -0.05) is 17.7 Å². The van der Waals surface area contributed by atoms with Crippen LogP contribution in [-0.2, 0) is 0 Å². The Morgan fingerprint density at radius 3 is 2.93 bits per heavy atom. The van der Waals surface area contributed by atoms with Crippen molar-refractivity contribution in [2.45, 2.75) is 6.92 Å². The number of aromatic nitrogens is 2. The molecule has 1 aromatic heterocycles. The van der Waals surface area contributed by atoms with E-state index in [9.17, 15) is 4.79 Å². The third-order valence-corrected chi connectivity index (χ3v) is 2.98. The number of hydrogen-bond donors (Lipinski definition) is 0. The Morgan fingerprint density at radius 2 is 2.29 bits per heavy atom. The lowest BCUT2D eigenvalue weighted by Gasteiger charge is -1.96. The zero-order chi connectivity index (χ0) is 10.3. The van der Waals surface area contributed by atoms with Crippen molar-refractivity contribution in [3.8, 4) is 0 Å². The number of carbonyl (C=O) groups is 1. The lowest BCUT2D eigenvalue weighted by Crippen LogP contribution is -2.06. The minimum Gasteiger partial charge on any atom is -0.273 e. The topological polar surface area (TPSA) is 34.9 Å². The van der Waals surface area contributed by atoms with Crippen LogP contribution in [0.1, 0.15) is 11.7 Å². The van der Waals surface area contributed by atoms with Crippen LogP contribution in [0.5, 0.6) is 0 Å². The fourth-order valence-corrected chi connectivity index (χ4v) is 2.53. The van der Waals surface area contributed by atoms with Crippen LogP contribution in [0.25, 0.3) is 10.9 Å². The molecule has 5 heteroatoms. The number of fused-ring (bicyclic) bond motifs is 1. The summed E-state index contributed by atoms with van der Waals surface area (Å²) in [5.74, 6) is -0.111. The van der Waals surface area contributed by atoms with Crippen LogP contribution < -0.4 is 0 Å². The van der Waals surface area contributed by atoms with Crippen molar-refractivity contribution in [2.75, 3.05) is 0 Å². The molecule has 0 bridgehead atoms. The van der Waals surface area contributed by atoms with E-state index in [1.807, 2.05) is 12.1 Å². The average Bonchev–Trinajstić information content (AvgIpc) is 2.45. The monoisotopic (exact) mass is 320 g/mol. The molecular formula is C9H6ClIN2O. The minimum absolute atomic E-state index is 0.111. The van der Waals surface area contributed by atoms with Crippen molar-refractivity contribution in [3.05, 3.63) is 26.9 Å². The van der Waals surface area contributed by atoms with Crippen molar-refractivity contribution in [2.24, 2.45) is 0 Å². The van der Waals surface area contributed by atoms with Gasteiger partial charge in [-0.2, -0.15) is 9.78 Å². The van der Waals surface area contributed by atoms with Gasteiger partial charge in [0.2, 0.25) is 5.91 Å². The molecule has 72 valence electrons. The van der Waals surface area contributed by atoms with E-state index in [2.05, 4.69) is 27.7 Å². The van der Waals surface area contributed by atoms with Gasteiger partial charge in [0.1, 0.15) is 3.70 Å². The van der Waals surface area contributed by atoms with E-state index in [0.717, 1.165) is 14.6 Å². The highest BCUT2D eigenvalue weighted by molar-refractivity contribution is 14.1. The highest BCUT2D eigenvalue weighted by Gasteiger charge is 2.12. The van der Waals surface area contributed by atoms with E-state index in [1.54, 1.807) is 6.07 Å². The Morgan fingerprint density at radius 1 is 1.57 bits per heavy atom. The standard InChI is InChI=1S/C9H6ClIN2O/c1-5(14)13-7-4-2-3-6(10)8(7)9(11)12-13/h2-4H,1H3. The molecule has 0 saturated heterocycles. The number of benzene rings is 1. The first-order valence-electron chi connectivity index (χ1n) is 3.95. The second-order valence-corrected chi connectivity index (χ2v) is 4.28. The quantitative estimate of drug-likeness (QED) is 0.700. The van der Waals surface area contributed by atoms with Gasteiger partial charge in [0.15, 0.2) is 0 Å². The second kappa shape index (κ2) is 3.51. The van der Waals surface area contributed by atoms with E-state index >= 15 is 0 Å². The summed E-state index contributed by atoms with van der Waals surface area (Å²) < 4.78 is 2.11. The molecule has 0 aliphatic carbocycles. The van der Waals surface area contributed by atoms with Crippen molar-refractivity contribution in [1.29, 1.82) is 0 Å². The average molecular weight is 321 g/mol. The van der Waals surface area contributed by atoms with Gasteiger partial charge < -0.3 is 0 Å². The van der Waals surface area contributed by atoms with Crippen molar-refractivity contribution in [1.82, 2.24) is 9.78 Å². The summed E-state index contributed by atoms with van der Waals surface area (Å²) in [4.78, 5) is 11.2. The van der Waals surface area contributed by atoms with Crippen LogP contribution in [0, 0.1) is 3.70 Å². The molecule has 0 aliphatic heterocycles. The van der Waals surface area contributed by atoms with Crippen molar-refractivity contribution >= 4 is 51.0 Å². The largest absolute Gasteiger partial charge is 0.273 e. The summed E-state index contributed by atoms with van der Waals surface area (Å²) >= 11 is 8.08. The lowest BCUT2D eigenvalue weighted by atomic mass is 10.2. The third-order valence-electron chi connectivity index (χ3n) is 1.91. The van der Waals surface area contributed by atoms with Crippen LogP contribution in [-0.4, -0.2) is 15.7 Å². The number of halogens is 2. The fourth-order valence-electron chi connectivity index (χ4n) is 1.33. The van der Waals surface area contributed by atoms with Crippen LogP contribution in [0.2, 0.25) is 5.02 Å². The third kappa shape index (κ3) is 1.42. The van der Waals surface area contributed by atoms with Gasteiger partial charge in [-0.3, -0.25) is 4.79 Å². The molecule has 1 aromatic carbocycles. The van der Waals surface area contributed by atoms with Crippen LogP contribution in [0.15, 0.2) is 18.2 Å². The number of rotatable bonds is 0. The summed E-state index contributed by atoms with van der Waals surface area (Å²) in [6, 6.07) is 5.43. The summed E-state index contributed by atoms with van der Waals surface area (Å²) in [5, 5.41) is 5.58. The van der Waals surface area contributed by atoms with Crippen molar-refractivity contribution in [3.63, 3.8) is 0 Å². The SMILES string of the molecule is CC(=O)n1nc(I)c2c(Cl)cccc21. The molecule has 0 spiro atoms. The van der Waals surface area contributed by atoms with Crippen LogP contribution >= 0.6 is 34.2 Å². The highest BCUT2D eigenvalue weighted by atomic mass is 127. The molecule has 0 radical (unpaired) electrons. The predicted molar refractivity (Wildman–Crippen MR) is 63.8 cm³/mol. The molecule has 3 nitrogen and oxygen atoms in total. The van der Waals surface area contributed by atoms with Gasteiger partial charge in [0.05, 0.1) is 15.9 Å². The molecule has 0 saturated carbocycles. The fraction of sp³-hybridized carbons (Fsp3) is 0.111. The normalized spacial score (nSPS) is 10.8. The molecule has 0 aliphatic rings. The van der Waals surface area contributed by atoms with E-state index < -0.39 is 0 Å². The molecule has 0 fully saturated rings. The maximum absolute atomic E-state index is 11.2. The van der Waals surface area contributed by atoms with Gasteiger partial charge >= 0.3 is 0 Å². The second-order valence-electron chi connectivity index (χ2n) is 2.86. The summed E-state index contributed by atoms with van der Waals surface area (Å²) in [6.07, 6.45) is 0. The highest BCUT2D eigenvalue weighted by Crippen LogP contribution is 2.27. The summed E-state index contributed by atoms with van der Waals surface area (Å²) in [6.45, 7) is 1.48. The maximum Gasteiger partial charge on any atom is 0.244 e. The van der Waals surface area contributed by atoms with Crippen molar-refractivity contribution < 1.29 is 4.79 Å². The Labute approximate surface area is 99.2 Å². The zero-order valence-corrected chi connectivity index (χ0v) is 10.2. The molecule has 0 atom stereocenters. The molecule has 2 aromatic rings. The van der Waals surface area contributed by atoms with E-state index in [1.165, 1.54) is 11.6 Å². The number of nitrogens with zero attached hydrogens (tertiary/aromatic N) is 2. The summed E-state index contributed by atoms with van der Waals surface area (Å²) in [5.41, 5.74) is 0.759. The molecule has 2 rings (SSSR count). The Bertz CT molecular complexity index is 521. The minimum atomic E-state index is -0.111. The van der Waals surface area contributed by atoms with Gasteiger partial charge in [0, 0.05) is 6.92 Å². The number of carbonyl (C=O) groups excluding carboxylic acids is 1. The Kier molecular flexibility index (Phi) is 2.48. The first-order chi connectivity index (χ1) is 6.61. The van der Waals surface area contributed by atoms with Gasteiger partial charge in [-0.05, 0) is 34.7 Å². The van der Waals surface area contributed by atoms with Gasteiger partial charge in [-0.15, -0.1) is 0 Å².